The first-order valence-corrected chi connectivity index (χ1v) is 13.6. The van der Waals surface area contributed by atoms with Crippen LogP contribution in [0.15, 0.2) is 23.6 Å². The number of carbonyl (C=O) groups excluding carboxylic acids is 2. The van der Waals surface area contributed by atoms with Crippen molar-refractivity contribution < 1.29 is 19.1 Å². The van der Waals surface area contributed by atoms with Crippen LogP contribution in [-0.4, -0.2) is 79.8 Å². The summed E-state index contributed by atoms with van der Waals surface area (Å²) in [4.78, 5) is 35.3. The summed E-state index contributed by atoms with van der Waals surface area (Å²) in [5.41, 5.74) is 2.31. The van der Waals surface area contributed by atoms with Gasteiger partial charge in [0.2, 0.25) is 0 Å². The molecule has 36 heavy (non-hydrogen) atoms. The van der Waals surface area contributed by atoms with Crippen LogP contribution in [0.1, 0.15) is 60.0 Å². The number of rotatable bonds is 9. The molecule has 0 unspecified atom stereocenters. The zero-order valence-corrected chi connectivity index (χ0v) is 22.4. The van der Waals surface area contributed by atoms with E-state index in [0.29, 0.717) is 23.6 Å². The molecule has 2 aliphatic heterocycles. The summed E-state index contributed by atoms with van der Waals surface area (Å²) in [5, 5.41) is 8.53. The Morgan fingerprint density at radius 3 is 2.83 bits per heavy atom. The predicted octanol–water partition coefficient (Wildman–Crippen LogP) is 3.37. The van der Waals surface area contributed by atoms with Gasteiger partial charge in [-0.2, -0.15) is 0 Å². The van der Waals surface area contributed by atoms with Crippen molar-refractivity contribution in [3.63, 3.8) is 0 Å². The van der Waals surface area contributed by atoms with Gasteiger partial charge < -0.3 is 25.0 Å². The lowest BCUT2D eigenvalue weighted by molar-refractivity contribution is -0.0212. The van der Waals surface area contributed by atoms with E-state index in [1.165, 1.54) is 11.3 Å². The van der Waals surface area contributed by atoms with Crippen LogP contribution in [0.25, 0.3) is 0 Å². The van der Waals surface area contributed by atoms with E-state index in [4.69, 9.17) is 9.47 Å². The minimum Gasteiger partial charge on any atom is -0.380 e. The minimum atomic E-state index is -0.327. The average molecular weight is 516 g/mol. The highest BCUT2D eigenvalue weighted by atomic mass is 32.1. The van der Waals surface area contributed by atoms with Gasteiger partial charge in [0, 0.05) is 51.3 Å². The molecule has 3 atom stereocenters. The molecule has 1 aromatic carbocycles. The number of nitrogens with one attached hydrogen (secondary N) is 2. The quantitative estimate of drug-likeness (QED) is 0.529. The Labute approximate surface area is 217 Å². The predicted molar refractivity (Wildman–Crippen MR) is 142 cm³/mol. The molecule has 2 aromatic rings. The Balaban J connectivity index is 1.50. The lowest BCUT2D eigenvalue weighted by Crippen LogP contribution is -2.40. The highest BCUT2D eigenvalue weighted by Gasteiger charge is 2.26. The van der Waals surface area contributed by atoms with Crippen molar-refractivity contribution in [3.05, 3.63) is 40.4 Å². The largest absolute Gasteiger partial charge is 0.380 e. The molecule has 2 N–H and O–H groups in total. The van der Waals surface area contributed by atoms with Crippen LogP contribution in [0.5, 0.6) is 0 Å². The maximum absolute atomic E-state index is 13.2. The smallest absolute Gasteiger partial charge is 0.275 e. The summed E-state index contributed by atoms with van der Waals surface area (Å²) in [6.45, 7) is 10.8. The molecule has 1 aromatic heterocycles. The van der Waals surface area contributed by atoms with Crippen LogP contribution in [0.3, 0.4) is 0 Å². The number of methoxy groups -OCH3 is 1. The second-order valence-corrected chi connectivity index (χ2v) is 10.5. The van der Waals surface area contributed by atoms with Crippen molar-refractivity contribution in [2.45, 2.75) is 58.4 Å². The fraction of sp³-hybridized carbons (Fsp3) is 0.577. The second kappa shape index (κ2) is 12.1. The fourth-order valence-corrected chi connectivity index (χ4v) is 5.32. The van der Waals surface area contributed by atoms with Crippen LogP contribution < -0.4 is 15.5 Å². The SMILES string of the molecule is CC[C@@H](C)NC(=O)c1cc(CN2CCO[C@@H](C)C2)ccc1NC(=O)c1csc(N2CC[C@H](OC)C2)n1. The van der Waals surface area contributed by atoms with Gasteiger partial charge in [-0.3, -0.25) is 14.5 Å². The maximum Gasteiger partial charge on any atom is 0.275 e. The van der Waals surface area contributed by atoms with Gasteiger partial charge in [-0.05, 0) is 44.4 Å². The van der Waals surface area contributed by atoms with Crippen LogP contribution in [0.4, 0.5) is 10.8 Å². The number of ether oxygens (including phenoxy) is 2. The number of benzene rings is 1. The molecule has 196 valence electrons. The van der Waals surface area contributed by atoms with Gasteiger partial charge in [-0.25, -0.2) is 4.98 Å². The number of morpholine rings is 1. The first-order valence-electron chi connectivity index (χ1n) is 12.7. The third kappa shape index (κ3) is 6.61. The van der Waals surface area contributed by atoms with E-state index in [9.17, 15) is 9.59 Å². The Hall–Kier alpha value is -2.53. The van der Waals surface area contributed by atoms with Crippen LogP contribution in [0, 0.1) is 0 Å². The van der Waals surface area contributed by atoms with Gasteiger partial charge in [0.15, 0.2) is 5.13 Å². The highest BCUT2D eigenvalue weighted by Crippen LogP contribution is 2.27. The molecular formula is C26H37N5O4S. The zero-order valence-electron chi connectivity index (χ0n) is 21.6. The van der Waals surface area contributed by atoms with Gasteiger partial charge in [0.25, 0.3) is 11.8 Å². The molecule has 2 saturated heterocycles. The number of hydrogen-bond acceptors (Lipinski definition) is 8. The maximum atomic E-state index is 13.2. The standard InChI is InChI=1S/C26H37N5O4S/c1-5-17(2)27-24(32)21-12-19(14-30-10-11-35-18(3)13-30)6-7-22(21)28-25(33)23-16-36-26(29-23)31-9-8-20(15-31)34-4/h6-7,12,16-18,20H,5,8-11,13-15H2,1-4H3,(H,27,32)(H,28,33)/t17-,18+,20+/m1/s1. The Kier molecular flexibility index (Phi) is 8.95. The van der Waals surface area contributed by atoms with Crippen molar-refractivity contribution in [1.29, 1.82) is 0 Å². The number of thiazole rings is 1. The molecule has 0 aliphatic carbocycles. The van der Waals surface area contributed by atoms with Crippen molar-refractivity contribution >= 4 is 34.0 Å². The molecule has 2 fully saturated rings. The van der Waals surface area contributed by atoms with Gasteiger partial charge in [-0.1, -0.05) is 13.0 Å². The van der Waals surface area contributed by atoms with E-state index in [2.05, 4.69) is 32.3 Å². The Bertz CT molecular complexity index is 1060. The van der Waals surface area contributed by atoms with Crippen molar-refractivity contribution in [1.82, 2.24) is 15.2 Å². The summed E-state index contributed by atoms with van der Waals surface area (Å²) in [6, 6.07) is 5.70. The number of nitrogens with zero attached hydrogens (tertiary/aromatic N) is 3. The molecule has 10 heteroatoms. The van der Waals surface area contributed by atoms with Gasteiger partial charge in [0.05, 0.1) is 30.1 Å². The zero-order chi connectivity index (χ0) is 25.7. The molecular weight excluding hydrogens is 478 g/mol. The first-order chi connectivity index (χ1) is 17.4. The van der Waals surface area contributed by atoms with E-state index < -0.39 is 0 Å². The number of aromatic nitrogens is 1. The van der Waals surface area contributed by atoms with E-state index >= 15 is 0 Å². The fourth-order valence-electron chi connectivity index (χ4n) is 4.48. The van der Waals surface area contributed by atoms with Crippen molar-refractivity contribution in [2.75, 3.05) is 50.1 Å². The number of carbonyl (C=O) groups is 2. The number of hydrogen-bond donors (Lipinski definition) is 2. The first kappa shape index (κ1) is 26.5. The Morgan fingerprint density at radius 1 is 1.28 bits per heavy atom. The third-order valence-electron chi connectivity index (χ3n) is 6.77. The molecule has 2 amide bonds. The molecule has 3 heterocycles. The Morgan fingerprint density at radius 2 is 2.11 bits per heavy atom. The minimum absolute atomic E-state index is 0.0299. The van der Waals surface area contributed by atoms with Crippen LogP contribution in [0.2, 0.25) is 0 Å². The van der Waals surface area contributed by atoms with Crippen LogP contribution >= 0.6 is 11.3 Å². The second-order valence-electron chi connectivity index (χ2n) is 9.64. The van der Waals surface area contributed by atoms with Crippen molar-refractivity contribution in [2.24, 2.45) is 0 Å². The van der Waals surface area contributed by atoms with Gasteiger partial charge in [-0.15, -0.1) is 11.3 Å². The van der Waals surface area contributed by atoms with E-state index in [0.717, 1.165) is 56.3 Å². The average Bonchev–Trinajstić information content (AvgIpc) is 3.54. The van der Waals surface area contributed by atoms with E-state index in [-0.39, 0.29) is 30.1 Å². The molecule has 9 nitrogen and oxygen atoms in total. The molecule has 0 spiro atoms. The molecule has 0 saturated carbocycles. The molecule has 0 radical (unpaired) electrons. The van der Waals surface area contributed by atoms with Crippen molar-refractivity contribution in [3.8, 4) is 0 Å². The summed E-state index contributed by atoms with van der Waals surface area (Å²) in [6.07, 6.45) is 2.15. The summed E-state index contributed by atoms with van der Waals surface area (Å²) in [5.74, 6) is -0.522. The van der Waals surface area contributed by atoms with Gasteiger partial charge >= 0.3 is 0 Å². The monoisotopic (exact) mass is 515 g/mol. The summed E-state index contributed by atoms with van der Waals surface area (Å²) < 4.78 is 11.1. The molecule has 0 bridgehead atoms. The molecule has 2 aliphatic rings. The normalized spacial score (nSPS) is 21.4. The van der Waals surface area contributed by atoms with Gasteiger partial charge in [0.1, 0.15) is 5.69 Å². The third-order valence-corrected chi connectivity index (χ3v) is 7.67. The lowest BCUT2D eigenvalue weighted by atomic mass is 10.1. The van der Waals surface area contributed by atoms with Crippen LogP contribution in [-0.2, 0) is 16.0 Å². The lowest BCUT2D eigenvalue weighted by Gasteiger charge is -2.31. The molecule has 4 rings (SSSR count). The number of anilines is 2. The summed E-state index contributed by atoms with van der Waals surface area (Å²) >= 11 is 1.45. The summed E-state index contributed by atoms with van der Waals surface area (Å²) in [7, 11) is 1.72. The van der Waals surface area contributed by atoms with E-state index in [1.807, 2.05) is 32.0 Å². The number of amides is 2. The van der Waals surface area contributed by atoms with E-state index in [1.54, 1.807) is 12.5 Å². The topological polar surface area (TPSA) is 96.0 Å². The highest BCUT2D eigenvalue weighted by molar-refractivity contribution is 7.14.